The third-order valence-corrected chi connectivity index (χ3v) is 4.18. The van der Waals surface area contributed by atoms with Gasteiger partial charge in [0.15, 0.2) is 0 Å². The molecule has 0 saturated carbocycles. The van der Waals surface area contributed by atoms with E-state index in [4.69, 9.17) is 4.74 Å². The van der Waals surface area contributed by atoms with Crippen molar-refractivity contribution in [2.75, 3.05) is 11.8 Å². The van der Waals surface area contributed by atoms with Gasteiger partial charge in [0.1, 0.15) is 11.6 Å². The van der Waals surface area contributed by atoms with Gasteiger partial charge in [0.2, 0.25) is 21.9 Å². The molecule has 1 N–H and O–H groups in total. The van der Waals surface area contributed by atoms with E-state index in [2.05, 4.69) is 30.6 Å². The SMILES string of the molecule is COc1nc(NS(=O)(=O)Cc2cccc(F)n2)ccc1Br. The van der Waals surface area contributed by atoms with Gasteiger partial charge in [0.25, 0.3) is 0 Å². The highest BCUT2D eigenvalue weighted by atomic mass is 79.9. The molecule has 0 aliphatic heterocycles. The van der Waals surface area contributed by atoms with Gasteiger partial charge in [0.05, 0.1) is 17.3 Å². The van der Waals surface area contributed by atoms with E-state index in [0.717, 1.165) is 6.07 Å². The van der Waals surface area contributed by atoms with Crippen LogP contribution < -0.4 is 9.46 Å². The number of ether oxygens (including phenoxy) is 1. The van der Waals surface area contributed by atoms with Crippen molar-refractivity contribution >= 4 is 31.8 Å². The van der Waals surface area contributed by atoms with Crippen LogP contribution in [0, 0.1) is 5.95 Å². The van der Waals surface area contributed by atoms with E-state index in [-0.39, 0.29) is 17.4 Å². The van der Waals surface area contributed by atoms with E-state index >= 15 is 0 Å². The van der Waals surface area contributed by atoms with Crippen molar-refractivity contribution in [1.82, 2.24) is 9.97 Å². The lowest BCUT2D eigenvalue weighted by molar-refractivity contribution is 0.396. The fraction of sp³-hybridized carbons (Fsp3) is 0.167. The molecule has 0 saturated heterocycles. The van der Waals surface area contributed by atoms with Crippen LogP contribution in [-0.2, 0) is 15.8 Å². The number of hydrogen-bond donors (Lipinski definition) is 1. The van der Waals surface area contributed by atoms with E-state index in [0.29, 0.717) is 4.47 Å². The van der Waals surface area contributed by atoms with E-state index in [1.165, 1.54) is 25.3 Å². The van der Waals surface area contributed by atoms with E-state index in [9.17, 15) is 12.8 Å². The Kier molecular flexibility index (Phi) is 4.73. The zero-order valence-corrected chi connectivity index (χ0v) is 13.3. The monoisotopic (exact) mass is 375 g/mol. The molecule has 0 aliphatic carbocycles. The first-order valence-electron chi connectivity index (χ1n) is 5.72. The topological polar surface area (TPSA) is 81.2 Å². The molecule has 2 heterocycles. The second kappa shape index (κ2) is 6.35. The first-order valence-corrected chi connectivity index (χ1v) is 8.16. The summed E-state index contributed by atoms with van der Waals surface area (Å²) in [6, 6.07) is 7.05. The van der Waals surface area contributed by atoms with Gasteiger partial charge in [-0.3, -0.25) is 4.72 Å². The molecule has 0 bridgehead atoms. The van der Waals surface area contributed by atoms with Crippen molar-refractivity contribution in [3.8, 4) is 5.88 Å². The minimum Gasteiger partial charge on any atom is -0.480 e. The zero-order chi connectivity index (χ0) is 15.5. The highest BCUT2D eigenvalue weighted by Gasteiger charge is 2.15. The molecule has 0 aliphatic rings. The molecular formula is C12H11BrFN3O3S. The summed E-state index contributed by atoms with van der Waals surface area (Å²) in [4.78, 5) is 7.49. The Bertz CT molecular complexity index is 755. The van der Waals surface area contributed by atoms with E-state index < -0.39 is 21.7 Å². The van der Waals surface area contributed by atoms with Crippen molar-refractivity contribution in [3.05, 3.63) is 46.4 Å². The fourth-order valence-electron chi connectivity index (χ4n) is 1.54. The molecular weight excluding hydrogens is 365 g/mol. The average Bonchev–Trinajstić information content (AvgIpc) is 2.40. The van der Waals surface area contributed by atoms with Crippen LogP contribution in [0.15, 0.2) is 34.8 Å². The van der Waals surface area contributed by atoms with Gasteiger partial charge in [-0.15, -0.1) is 0 Å². The fourth-order valence-corrected chi connectivity index (χ4v) is 2.98. The summed E-state index contributed by atoms with van der Waals surface area (Å²) < 4.78 is 44.8. The Morgan fingerprint density at radius 2 is 2.05 bits per heavy atom. The molecule has 0 aromatic carbocycles. The first-order chi connectivity index (χ1) is 9.89. The Balaban J connectivity index is 2.17. The Labute approximate surface area is 129 Å². The van der Waals surface area contributed by atoms with Crippen molar-refractivity contribution in [1.29, 1.82) is 0 Å². The van der Waals surface area contributed by atoms with Crippen LogP contribution in [0.5, 0.6) is 5.88 Å². The highest BCUT2D eigenvalue weighted by molar-refractivity contribution is 9.10. The number of methoxy groups -OCH3 is 1. The van der Waals surface area contributed by atoms with Crippen LogP contribution in [0.3, 0.4) is 0 Å². The minimum absolute atomic E-state index is 0.103. The van der Waals surface area contributed by atoms with E-state index in [1.807, 2.05) is 0 Å². The van der Waals surface area contributed by atoms with Crippen LogP contribution in [0.25, 0.3) is 0 Å². The predicted molar refractivity (Wildman–Crippen MR) is 78.9 cm³/mol. The Morgan fingerprint density at radius 1 is 1.29 bits per heavy atom. The summed E-state index contributed by atoms with van der Waals surface area (Å²) >= 11 is 3.22. The van der Waals surface area contributed by atoms with Crippen molar-refractivity contribution in [2.24, 2.45) is 0 Å². The third kappa shape index (κ3) is 4.36. The molecule has 2 rings (SSSR count). The number of nitrogens with one attached hydrogen (secondary N) is 1. The largest absolute Gasteiger partial charge is 0.480 e. The van der Waals surface area contributed by atoms with Crippen molar-refractivity contribution < 1.29 is 17.5 Å². The van der Waals surface area contributed by atoms with Gasteiger partial charge in [-0.2, -0.15) is 9.37 Å². The Morgan fingerprint density at radius 3 is 2.71 bits per heavy atom. The summed E-state index contributed by atoms with van der Waals surface area (Å²) in [5.74, 6) is -0.832. The number of hydrogen-bond acceptors (Lipinski definition) is 5. The molecule has 112 valence electrons. The third-order valence-electron chi connectivity index (χ3n) is 2.38. The molecule has 2 aromatic rings. The first kappa shape index (κ1) is 15.6. The van der Waals surface area contributed by atoms with Gasteiger partial charge in [-0.1, -0.05) is 6.07 Å². The number of pyridine rings is 2. The second-order valence-electron chi connectivity index (χ2n) is 4.00. The van der Waals surface area contributed by atoms with Crippen LogP contribution >= 0.6 is 15.9 Å². The van der Waals surface area contributed by atoms with Gasteiger partial charge >= 0.3 is 0 Å². The summed E-state index contributed by atoms with van der Waals surface area (Å²) in [6.45, 7) is 0. The van der Waals surface area contributed by atoms with Gasteiger partial charge in [-0.05, 0) is 40.2 Å². The van der Waals surface area contributed by atoms with Crippen LogP contribution in [0.1, 0.15) is 5.69 Å². The standard InChI is InChI=1S/C12H11BrFN3O3S/c1-20-12-9(13)5-6-11(16-12)17-21(18,19)7-8-3-2-4-10(14)15-8/h2-6H,7H2,1H3,(H,16,17). The van der Waals surface area contributed by atoms with Crippen molar-refractivity contribution in [3.63, 3.8) is 0 Å². The summed E-state index contributed by atoms with van der Waals surface area (Å²) in [6.07, 6.45) is 0. The molecule has 0 spiro atoms. The quantitative estimate of drug-likeness (QED) is 0.811. The number of rotatable bonds is 5. The van der Waals surface area contributed by atoms with Gasteiger partial charge < -0.3 is 4.74 Å². The lowest BCUT2D eigenvalue weighted by Crippen LogP contribution is -2.17. The van der Waals surface area contributed by atoms with Gasteiger partial charge in [0, 0.05) is 0 Å². The molecule has 2 aromatic heterocycles. The molecule has 6 nitrogen and oxygen atoms in total. The lowest BCUT2D eigenvalue weighted by atomic mass is 10.4. The maximum atomic E-state index is 13.0. The molecule has 0 fully saturated rings. The number of anilines is 1. The normalized spacial score (nSPS) is 11.2. The smallest absolute Gasteiger partial charge is 0.239 e. The molecule has 21 heavy (non-hydrogen) atoms. The minimum atomic E-state index is -3.75. The van der Waals surface area contributed by atoms with Gasteiger partial charge in [-0.25, -0.2) is 13.4 Å². The summed E-state index contributed by atoms with van der Waals surface area (Å²) in [5.41, 5.74) is 0.103. The number of halogens is 2. The number of aromatic nitrogens is 2. The van der Waals surface area contributed by atoms with Crippen LogP contribution in [-0.4, -0.2) is 25.5 Å². The summed E-state index contributed by atoms with van der Waals surface area (Å²) in [7, 11) is -2.34. The highest BCUT2D eigenvalue weighted by Crippen LogP contribution is 2.24. The van der Waals surface area contributed by atoms with Crippen molar-refractivity contribution in [2.45, 2.75) is 5.75 Å². The van der Waals surface area contributed by atoms with E-state index in [1.54, 1.807) is 6.07 Å². The average molecular weight is 376 g/mol. The molecule has 0 amide bonds. The zero-order valence-electron chi connectivity index (χ0n) is 10.9. The Hall–Kier alpha value is -1.74. The maximum absolute atomic E-state index is 13.0. The number of sulfonamides is 1. The molecule has 0 radical (unpaired) electrons. The molecule has 0 atom stereocenters. The second-order valence-corrected chi connectivity index (χ2v) is 6.58. The predicted octanol–water partition coefficient (Wildman–Crippen LogP) is 2.33. The summed E-state index contributed by atoms with van der Waals surface area (Å²) in [5, 5.41) is 0. The van der Waals surface area contributed by atoms with Crippen LogP contribution in [0.4, 0.5) is 10.2 Å². The lowest BCUT2D eigenvalue weighted by Gasteiger charge is -2.09. The molecule has 9 heteroatoms. The molecule has 0 unspecified atom stereocenters. The maximum Gasteiger partial charge on any atom is 0.239 e. The van der Waals surface area contributed by atoms with Crippen LogP contribution in [0.2, 0.25) is 0 Å². The number of nitrogens with zero attached hydrogens (tertiary/aromatic N) is 2.